The zero-order valence-electron chi connectivity index (χ0n) is 17.5. The summed E-state index contributed by atoms with van der Waals surface area (Å²) in [4.78, 5) is 11.4. The number of aliphatic imine (C=N–C) groups is 1. The fourth-order valence-electron chi connectivity index (χ4n) is 3.44. The van der Waals surface area contributed by atoms with Crippen molar-refractivity contribution in [3.8, 4) is 0 Å². The number of nitrogens with one attached hydrogen (secondary N) is 2. The lowest BCUT2D eigenvalue weighted by molar-refractivity contribution is 0.187. The van der Waals surface area contributed by atoms with Crippen LogP contribution < -0.4 is 15.5 Å². The first-order chi connectivity index (χ1) is 14.0. The van der Waals surface area contributed by atoms with Crippen molar-refractivity contribution in [2.75, 3.05) is 31.1 Å². The van der Waals surface area contributed by atoms with Gasteiger partial charge in [0, 0.05) is 31.4 Å². The van der Waals surface area contributed by atoms with Crippen molar-refractivity contribution in [2.45, 2.75) is 38.8 Å². The molecular weight excluding hydrogens is 496 g/mol. The predicted octanol–water partition coefficient (Wildman–Crippen LogP) is 3.40. The van der Waals surface area contributed by atoms with Crippen LogP contribution in [-0.2, 0) is 0 Å². The van der Waals surface area contributed by atoms with Crippen molar-refractivity contribution in [2.24, 2.45) is 4.99 Å². The van der Waals surface area contributed by atoms with E-state index in [0.717, 1.165) is 44.0 Å². The van der Waals surface area contributed by atoms with Gasteiger partial charge in [0.1, 0.15) is 11.6 Å². The molecule has 2 aromatic rings. The Balaban J connectivity index is 0.00000320. The molecule has 0 spiro atoms. The summed E-state index contributed by atoms with van der Waals surface area (Å²) in [6, 6.07) is 12.3. The Morgan fingerprint density at radius 2 is 1.93 bits per heavy atom. The smallest absolute Gasteiger partial charge is 0.191 e. The van der Waals surface area contributed by atoms with Crippen LogP contribution in [0.2, 0.25) is 0 Å². The van der Waals surface area contributed by atoms with E-state index in [1.165, 1.54) is 12.1 Å². The maximum atomic E-state index is 13.0. The minimum Gasteiger partial charge on any atom is -0.386 e. The molecule has 1 fully saturated rings. The van der Waals surface area contributed by atoms with E-state index < -0.39 is 6.10 Å². The Morgan fingerprint density at radius 1 is 1.23 bits per heavy atom. The summed E-state index contributed by atoms with van der Waals surface area (Å²) < 4.78 is 13.0. The number of rotatable bonds is 6. The SMILES string of the molecule is CCNC(=NCC(O)c1ccc(F)cc1)NC1CCN(c2cccc(C)n2)CC1.I. The molecule has 0 saturated carbocycles. The Morgan fingerprint density at radius 3 is 2.57 bits per heavy atom. The molecule has 0 radical (unpaired) electrons. The van der Waals surface area contributed by atoms with Crippen LogP contribution >= 0.6 is 24.0 Å². The highest BCUT2D eigenvalue weighted by Crippen LogP contribution is 2.18. The van der Waals surface area contributed by atoms with E-state index in [1.54, 1.807) is 12.1 Å². The quantitative estimate of drug-likeness (QED) is 0.305. The Labute approximate surface area is 195 Å². The third-order valence-electron chi connectivity index (χ3n) is 5.05. The lowest BCUT2D eigenvalue weighted by atomic mass is 10.1. The number of piperidine rings is 1. The van der Waals surface area contributed by atoms with Gasteiger partial charge in [-0.2, -0.15) is 0 Å². The second-order valence-corrected chi connectivity index (χ2v) is 7.33. The number of aryl methyl sites for hydroxylation is 1. The summed E-state index contributed by atoms with van der Waals surface area (Å²) >= 11 is 0. The standard InChI is InChI=1S/C22H30FN5O.HI/c1-3-24-22(25-15-20(29)17-7-9-18(23)10-8-17)27-19-11-13-28(14-12-19)21-6-4-5-16(2)26-21;/h4-10,19-20,29H,3,11-15H2,1-2H3,(H2,24,25,27);1H. The summed E-state index contributed by atoms with van der Waals surface area (Å²) in [5, 5.41) is 17.0. The van der Waals surface area contributed by atoms with Gasteiger partial charge >= 0.3 is 0 Å². The molecule has 30 heavy (non-hydrogen) atoms. The Hall–Kier alpha value is -1.94. The van der Waals surface area contributed by atoms with Crippen LogP contribution in [0.4, 0.5) is 10.2 Å². The highest BCUT2D eigenvalue weighted by molar-refractivity contribution is 14.0. The van der Waals surface area contributed by atoms with E-state index in [1.807, 2.05) is 26.0 Å². The van der Waals surface area contributed by atoms with Gasteiger partial charge in [0.2, 0.25) is 0 Å². The molecule has 1 aliphatic heterocycles. The zero-order valence-corrected chi connectivity index (χ0v) is 19.8. The molecule has 3 N–H and O–H groups in total. The molecule has 1 atom stereocenters. The topological polar surface area (TPSA) is 72.8 Å². The van der Waals surface area contributed by atoms with Crippen molar-refractivity contribution in [1.29, 1.82) is 0 Å². The number of hydrogen-bond donors (Lipinski definition) is 3. The average Bonchev–Trinajstić information content (AvgIpc) is 2.73. The lowest BCUT2D eigenvalue weighted by Crippen LogP contribution is -2.49. The van der Waals surface area contributed by atoms with Gasteiger partial charge in [0.05, 0.1) is 12.6 Å². The fourth-order valence-corrected chi connectivity index (χ4v) is 3.44. The van der Waals surface area contributed by atoms with Crippen molar-refractivity contribution in [3.63, 3.8) is 0 Å². The second-order valence-electron chi connectivity index (χ2n) is 7.33. The molecule has 1 saturated heterocycles. The van der Waals surface area contributed by atoms with Gasteiger partial charge in [-0.15, -0.1) is 24.0 Å². The van der Waals surface area contributed by atoms with E-state index in [2.05, 4.69) is 31.6 Å². The van der Waals surface area contributed by atoms with Gasteiger partial charge in [-0.25, -0.2) is 9.37 Å². The van der Waals surface area contributed by atoms with Crippen LogP contribution in [0.3, 0.4) is 0 Å². The van der Waals surface area contributed by atoms with Gasteiger partial charge < -0.3 is 20.6 Å². The zero-order chi connectivity index (χ0) is 20.6. The molecule has 8 heteroatoms. The number of halogens is 2. The minimum atomic E-state index is -0.764. The summed E-state index contributed by atoms with van der Waals surface area (Å²) in [6.07, 6.45) is 1.21. The molecule has 1 aromatic heterocycles. The third-order valence-corrected chi connectivity index (χ3v) is 5.05. The van der Waals surface area contributed by atoms with Gasteiger partial charge in [0.15, 0.2) is 5.96 Å². The molecule has 1 aromatic carbocycles. The maximum Gasteiger partial charge on any atom is 0.191 e. The molecule has 6 nitrogen and oxygen atoms in total. The molecule has 0 aliphatic carbocycles. The highest BCUT2D eigenvalue weighted by atomic mass is 127. The van der Waals surface area contributed by atoms with Crippen LogP contribution in [0, 0.1) is 12.7 Å². The largest absolute Gasteiger partial charge is 0.386 e. The molecule has 2 heterocycles. The number of pyridine rings is 1. The maximum absolute atomic E-state index is 13.0. The number of hydrogen-bond acceptors (Lipinski definition) is 4. The molecule has 164 valence electrons. The van der Waals surface area contributed by atoms with E-state index in [-0.39, 0.29) is 36.3 Å². The molecule has 1 unspecified atom stereocenters. The number of aliphatic hydroxyl groups excluding tert-OH is 1. The first kappa shape index (κ1) is 24.3. The first-order valence-electron chi connectivity index (χ1n) is 10.2. The van der Waals surface area contributed by atoms with Crippen molar-refractivity contribution in [1.82, 2.24) is 15.6 Å². The van der Waals surface area contributed by atoms with Crippen molar-refractivity contribution in [3.05, 3.63) is 59.5 Å². The Bertz CT molecular complexity index is 809. The summed E-state index contributed by atoms with van der Waals surface area (Å²) in [6.45, 7) is 6.85. The van der Waals surface area contributed by atoms with Gasteiger partial charge in [-0.1, -0.05) is 18.2 Å². The molecule has 0 bridgehead atoms. The second kappa shape index (κ2) is 12.0. The Kier molecular flexibility index (Phi) is 9.77. The number of guanidine groups is 1. The van der Waals surface area contributed by atoms with E-state index in [4.69, 9.17) is 0 Å². The molecule has 1 aliphatic rings. The van der Waals surface area contributed by atoms with E-state index in [9.17, 15) is 9.50 Å². The predicted molar refractivity (Wildman–Crippen MR) is 130 cm³/mol. The molecule has 3 rings (SSSR count). The van der Waals surface area contributed by atoms with Crippen LogP contribution in [-0.4, -0.2) is 48.3 Å². The lowest BCUT2D eigenvalue weighted by Gasteiger charge is -2.34. The molecule has 0 amide bonds. The summed E-state index contributed by atoms with van der Waals surface area (Å²) in [7, 11) is 0. The average molecular weight is 527 g/mol. The number of aromatic nitrogens is 1. The normalized spacial score (nSPS) is 16.0. The number of benzene rings is 1. The van der Waals surface area contributed by atoms with Crippen molar-refractivity contribution >= 4 is 35.8 Å². The van der Waals surface area contributed by atoms with Crippen LogP contribution in [0.1, 0.15) is 37.1 Å². The van der Waals surface area contributed by atoms with E-state index >= 15 is 0 Å². The summed E-state index contributed by atoms with van der Waals surface area (Å²) in [5.41, 5.74) is 1.69. The van der Waals surface area contributed by atoms with E-state index in [0.29, 0.717) is 17.6 Å². The van der Waals surface area contributed by atoms with Crippen LogP contribution in [0.15, 0.2) is 47.5 Å². The number of aliphatic hydroxyl groups is 1. The fraction of sp³-hybridized carbons (Fsp3) is 0.455. The van der Waals surface area contributed by atoms with Gasteiger partial charge in [-0.05, 0) is 56.5 Å². The first-order valence-corrected chi connectivity index (χ1v) is 10.2. The van der Waals surface area contributed by atoms with Crippen molar-refractivity contribution < 1.29 is 9.50 Å². The van der Waals surface area contributed by atoms with Crippen LogP contribution in [0.5, 0.6) is 0 Å². The number of nitrogens with zero attached hydrogens (tertiary/aromatic N) is 3. The van der Waals surface area contributed by atoms with Gasteiger partial charge in [0.25, 0.3) is 0 Å². The molecular formula is C22H31FIN5O. The summed E-state index contributed by atoms with van der Waals surface area (Å²) in [5.74, 6) is 1.42. The number of anilines is 1. The highest BCUT2D eigenvalue weighted by Gasteiger charge is 2.21. The van der Waals surface area contributed by atoms with Gasteiger partial charge in [-0.3, -0.25) is 4.99 Å². The minimum absolute atomic E-state index is 0. The van der Waals surface area contributed by atoms with Crippen LogP contribution in [0.25, 0.3) is 0 Å². The third kappa shape index (κ3) is 7.09. The monoisotopic (exact) mass is 527 g/mol.